The number of phosphoric ester groups is 1. The third-order valence-electron chi connectivity index (χ3n) is 10.3. The molecule has 0 amide bonds. The van der Waals surface area contributed by atoms with Gasteiger partial charge >= 0.3 is 25.7 Å². The molecule has 57 heavy (non-hydrogen) atoms. The van der Waals surface area contributed by atoms with Crippen molar-refractivity contribution in [2.75, 3.05) is 19.8 Å². The first-order valence-electron chi connectivity index (χ1n) is 23.2. The van der Waals surface area contributed by atoms with E-state index in [9.17, 15) is 23.8 Å². The number of hydrogen-bond donors (Lipinski definition) is 3. The molecule has 0 aromatic carbocycles. The maximum absolute atomic E-state index is 12.6. The van der Waals surface area contributed by atoms with Gasteiger partial charge in [-0.15, -0.1) is 0 Å². The Hall–Kier alpha value is -1.78. The molecular formula is C45H86NO10P. The zero-order valence-electron chi connectivity index (χ0n) is 36.5. The van der Waals surface area contributed by atoms with Crippen molar-refractivity contribution < 1.29 is 47.5 Å². The lowest BCUT2D eigenvalue weighted by Crippen LogP contribution is -2.34. The summed E-state index contributed by atoms with van der Waals surface area (Å²) in [5, 5.41) is 8.89. The molecule has 11 nitrogen and oxygen atoms in total. The summed E-state index contributed by atoms with van der Waals surface area (Å²) >= 11 is 0. The minimum atomic E-state index is -4.71. The van der Waals surface area contributed by atoms with Gasteiger partial charge in [0.15, 0.2) is 6.10 Å². The first-order valence-corrected chi connectivity index (χ1v) is 24.7. The lowest BCUT2D eigenvalue weighted by Gasteiger charge is -2.20. The van der Waals surface area contributed by atoms with Crippen molar-refractivity contribution in [3.63, 3.8) is 0 Å². The normalized spacial score (nSPS) is 13.8. The zero-order valence-corrected chi connectivity index (χ0v) is 37.3. The Labute approximate surface area is 348 Å². The van der Waals surface area contributed by atoms with Gasteiger partial charge in [0.05, 0.1) is 13.2 Å². The molecule has 0 aliphatic heterocycles. The Morgan fingerprint density at radius 1 is 0.526 bits per heavy atom. The van der Waals surface area contributed by atoms with Crippen LogP contribution in [0.3, 0.4) is 0 Å². The summed E-state index contributed by atoms with van der Waals surface area (Å²) in [4.78, 5) is 46.0. The van der Waals surface area contributed by atoms with Crippen LogP contribution in [0.4, 0.5) is 0 Å². The number of rotatable bonds is 44. The number of allylic oxidation sites excluding steroid dienone is 2. The van der Waals surface area contributed by atoms with Gasteiger partial charge < -0.3 is 25.2 Å². The molecule has 0 aliphatic rings. The van der Waals surface area contributed by atoms with E-state index in [1.165, 1.54) is 128 Å². The molecule has 0 rings (SSSR count). The second kappa shape index (κ2) is 41.0. The first-order chi connectivity index (χ1) is 27.6. The van der Waals surface area contributed by atoms with E-state index >= 15 is 0 Å². The molecule has 0 bridgehead atoms. The summed E-state index contributed by atoms with van der Waals surface area (Å²) in [5.41, 5.74) is 5.34. The number of carbonyl (C=O) groups excluding carboxylic acids is 2. The number of carboxylic acid groups (broad SMARTS) is 1. The summed E-state index contributed by atoms with van der Waals surface area (Å²) in [6, 6.07) is -1.52. The second-order valence-electron chi connectivity index (χ2n) is 15.9. The van der Waals surface area contributed by atoms with E-state index < -0.39 is 51.1 Å². The highest BCUT2D eigenvalue weighted by Crippen LogP contribution is 2.43. The fourth-order valence-electron chi connectivity index (χ4n) is 6.59. The van der Waals surface area contributed by atoms with E-state index in [1.807, 2.05) is 0 Å². The molecule has 3 atom stereocenters. The Morgan fingerprint density at radius 3 is 1.28 bits per heavy atom. The van der Waals surface area contributed by atoms with Crippen LogP contribution < -0.4 is 5.73 Å². The standard InChI is InChI=1S/C45H86NO10P/c1-3-5-7-9-11-13-15-17-19-20-21-22-23-25-26-28-30-32-34-36-43(47)53-38-41(39-54-57(51,52)55-40-42(46)45(49)50)56-44(48)37-35-33-31-29-27-24-18-16-14-12-10-8-6-4-2/h16,18,41-42H,3-15,17,19-40,46H2,1-2H3,(H,49,50)(H,51,52)/b18-16-/t41-,42+/m1/s1. The van der Waals surface area contributed by atoms with E-state index in [-0.39, 0.29) is 19.4 Å². The van der Waals surface area contributed by atoms with Crippen molar-refractivity contribution in [3.8, 4) is 0 Å². The van der Waals surface area contributed by atoms with Crippen LogP contribution in [-0.4, -0.2) is 59.9 Å². The van der Waals surface area contributed by atoms with Crippen molar-refractivity contribution in [3.05, 3.63) is 12.2 Å². The molecule has 1 unspecified atom stereocenters. The maximum atomic E-state index is 12.6. The summed E-state index contributed by atoms with van der Waals surface area (Å²) in [6.45, 7) is 2.82. The maximum Gasteiger partial charge on any atom is 0.472 e. The number of hydrogen-bond acceptors (Lipinski definition) is 9. The van der Waals surface area contributed by atoms with E-state index in [0.717, 1.165) is 57.8 Å². The number of carbonyl (C=O) groups is 3. The quantitative estimate of drug-likeness (QED) is 0.0231. The van der Waals surface area contributed by atoms with Crippen LogP contribution in [0.15, 0.2) is 12.2 Å². The predicted octanol–water partition coefficient (Wildman–Crippen LogP) is 12.5. The number of aliphatic carboxylic acids is 1. The largest absolute Gasteiger partial charge is 0.480 e. The highest BCUT2D eigenvalue weighted by Gasteiger charge is 2.28. The molecule has 0 heterocycles. The summed E-state index contributed by atoms with van der Waals surface area (Å²) in [7, 11) is -4.71. The summed E-state index contributed by atoms with van der Waals surface area (Å²) < 4.78 is 32.7. The summed E-state index contributed by atoms with van der Waals surface area (Å²) in [5.74, 6) is -2.37. The van der Waals surface area contributed by atoms with Crippen molar-refractivity contribution >= 4 is 25.7 Å². The van der Waals surface area contributed by atoms with Gasteiger partial charge in [-0.3, -0.25) is 23.4 Å². The van der Waals surface area contributed by atoms with E-state index in [2.05, 4.69) is 30.5 Å². The van der Waals surface area contributed by atoms with Crippen molar-refractivity contribution in [2.45, 2.75) is 238 Å². The van der Waals surface area contributed by atoms with Gasteiger partial charge in [0.2, 0.25) is 0 Å². The third kappa shape index (κ3) is 40.8. The van der Waals surface area contributed by atoms with Gasteiger partial charge in [-0.25, -0.2) is 4.57 Å². The molecular weight excluding hydrogens is 745 g/mol. The predicted molar refractivity (Wildman–Crippen MR) is 231 cm³/mol. The Balaban J connectivity index is 4.27. The zero-order chi connectivity index (χ0) is 42.1. The monoisotopic (exact) mass is 832 g/mol. The lowest BCUT2D eigenvalue weighted by atomic mass is 10.0. The lowest BCUT2D eigenvalue weighted by molar-refractivity contribution is -0.161. The van der Waals surface area contributed by atoms with E-state index in [0.29, 0.717) is 12.8 Å². The Kier molecular flexibility index (Phi) is 39.7. The van der Waals surface area contributed by atoms with Crippen LogP contribution in [0.2, 0.25) is 0 Å². The number of nitrogens with two attached hydrogens (primary N) is 1. The highest BCUT2D eigenvalue weighted by atomic mass is 31.2. The van der Waals surface area contributed by atoms with Crippen LogP contribution in [0.25, 0.3) is 0 Å². The fraction of sp³-hybridized carbons (Fsp3) is 0.889. The number of unbranched alkanes of at least 4 members (excludes halogenated alkanes) is 28. The second-order valence-corrected chi connectivity index (χ2v) is 17.3. The average molecular weight is 832 g/mol. The van der Waals surface area contributed by atoms with Gasteiger partial charge in [0.1, 0.15) is 12.6 Å². The van der Waals surface area contributed by atoms with Crippen LogP contribution in [-0.2, 0) is 37.5 Å². The first kappa shape index (κ1) is 55.2. The molecule has 0 aromatic heterocycles. The molecule has 0 aliphatic carbocycles. The Morgan fingerprint density at radius 2 is 0.877 bits per heavy atom. The van der Waals surface area contributed by atoms with Crippen molar-refractivity contribution in [2.24, 2.45) is 5.73 Å². The molecule has 0 fully saturated rings. The van der Waals surface area contributed by atoms with Gasteiger partial charge in [-0.1, -0.05) is 187 Å². The van der Waals surface area contributed by atoms with Crippen LogP contribution in [0.1, 0.15) is 226 Å². The van der Waals surface area contributed by atoms with Crippen molar-refractivity contribution in [1.29, 1.82) is 0 Å². The van der Waals surface area contributed by atoms with Gasteiger partial charge in [0, 0.05) is 12.8 Å². The number of carboxylic acids is 1. The molecule has 0 radical (unpaired) electrons. The highest BCUT2D eigenvalue weighted by molar-refractivity contribution is 7.47. The third-order valence-corrected chi connectivity index (χ3v) is 11.2. The topological polar surface area (TPSA) is 172 Å². The minimum Gasteiger partial charge on any atom is -0.480 e. The van der Waals surface area contributed by atoms with Crippen molar-refractivity contribution in [1.82, 2.24) is 0 Å². The van der Waals surface area contributed by atoms with Crippen LogP contribution in [0, 0.1) is 0 Å². The molecule has 4 N–H and O–H groups in total. The number of esters is 2. The van der Waals surface area contributed by atoms with Gasteiger partial charge in [-0.05, 0) is 38.5 Å². The Bertz CT molecular complexity index is 1030. The van der Waals surface area contributed by atoms with Crippen LogP contribution >= 0.6 is 7.82 Å². The average Bonchev–Trinajstić information content (AvgIpc) is 3.19. The molecule has 0 aromatic rings. The van der Waals surface area contributed by atoms with Gasteiger partial charge in [-0.2, -0.15) is 0 Å². The van der Waals surface area contributed by atoms with Crippen LogP contribution in [0.5, 0.6) is 0 Å². The number of phosphoric acid groups is 1. The molecule has 12 heteroatoms. The molecule has 0 saturated carbocycles. The minimum absolute atomic E-state index is 0.155. The summed E-state index contributed by atoms with van der Waals surface area (Å²) in [6.07, 6.45) is 41.3. The molecule has 0 spiro atoms. The fourth-order valence-corrected chi connectivity index (χ4v) is 7.37. The molecule has 0 saturated heterocycles. The van der Waals surface area contributed by atoms with E-state index in [4.69, 9.17) is 24.8 Å². The van der Waals surface area contributed by atoms with E-state index in [1.54, 1.807) is 0 Å². The van der Waals surface area contributed by atoms with Gasteiger partial charge in [0.25, 0.3) is 0 Å². The number of ether oxygens (including phenoxy) is 2. The smallest absolute Gasteiger partial charge is 0.472 e. The SMILES string of the molecule is CCCCCCC/C=C\CCCCCCCC(=O)O[C@H](COC(=O)CCCCCCCCCCCCCCCCCCCCC)COP(=O)(O)OC[C@H](N)C(=O)O. The molecule has 336 valence electrons.